The van der Waals surface area contributed by atoms with Gasteiger partial charge < -0.3 is 5.73 Å². The average molecular weight is 203 g/mol. The van der Waals surface area contributed by atoms with Crippen molar-refractivity contribution >= 4 is 0 Å². The van der Waals surface area contributed by atoms with Crippen LogP contribution in [0.2, 0.25) is 0 Å². The van der Waals surface area contributed by atoms with Crippen LogP contribution in [0.4, 0.5) is 0 Å². The molecule has 0 aliphatic heterocycles. The lowest BCUT2D eigenvalue weighted by molar-refractivity contribution is 0.742. The molecule has 0 bridgehead atoms. The molecular weight excluding hydrogens is 190 g/mol. The third-order valence-corrected chi connectivity index (χ3v) is 2.31. The fourth-order valence-corrected chi connectivity index (χ4v) is 1.34. The van der Waals surface area contributed by atoms with E-state index >= 15 is 0 Å². The molecule has 0 atom stereocenters. The average Bonchev–Trinajstić information content (AvgIpc) is 2.59. The summed E-state index contributed by atoms with van der Waals surface area (Å²) in [6, 6.07) is 3.85. The summed E-state index contributed by atoms with van der Waals surface area (Å²) >= 11 is 0. The summed E-state index contributed by atoms with van der Waals surface area (Å²) in [7, 11) is 1.91. The molecule has 0 radical (unpaired) electrons. The van der Waals surface area contributed by atoms with Crippen molar-refractivity contribution in [2.24, 2.45) is 12.8 Å². The molecule has 0 saturated carbocycles. The fraction of sp³-hybridized carbons (Fsp3) is 0.300. The third-order valence-electron chi connectivity index (χ3n) is 2.31. The van der Waals surface area contributed by atoms with Crippen LogP contribution in [0.1, 0.15) is 11.4 Å². The zero-order valence-corrected chi connectivity index (χ0v) is 8.81. The van der Waals surface area contributed by atoms with E-state index in [1.807, 2.05) is 30.8 Å². The second-order valence-electron chi connectivity index (χ2n) is 3.39. The van der Waals surface area contributed by atoms with Crippen molar-refractivity contribution in [1.29, 1.82) is 0 Å². The third kappa shape index (κ3) is 1.87. The minimum Gasteiger partial charge on any atom is -0.325 e. The summed E-state index contributed by atoms with van der Waals surface area (Å²) in [5, 5.41) is 4.34. The maximum absolute atomic E-state index is 5.52. The highest BCUT2D eigenvalue weighted by molar-refractivity contribution is 5.54. The first-order valence-electron chi connectivity index (χ1n) is 4.72. The van der Waals surface area contributed by atoms with Crippen molar-refractivity contribution in [1.82, 2.24) is 19.7 Å². The topological polar surface area (TPSA) is 69.6 Å². The Hall–Kier alpha value is -1.75. The minimum atomic E-state index is 0.418. The second kappa shape index (κ2) is 3.78. The number of hydrogen-bond donors (Lipinski definition) is 1. The van der Waals surface area contributed by atoms with E-state index in [9.17, 15) is 0 Å². The summed E-state index contributed by atoms with van der Waals surface area (Å²) in [6.07, 6.45) is 1.52. The summed E-state index contributed by atoms with van der Waals surface area (Å²) in [5.74, 6) is 0. The van der Waals surface area contributed by atoms with Crippen molar-refractivity contribution in [2.45, 2.75) is 13.5 Å². The molecule has 0 amide bonds. The lowest BCUT2D eigenvalue weighted by Crippen LogP contribution is -2.00. The number of rotatable bonds is 2. The van der Waals surface area contributed by atoms with Crippen molar-refractivity contribution in [3.8, 4) is 11.4 Å². The van der Waals surface area contributed by atoms with E-state index in [2.05, 4.69) is 15.1 Å². The van der Waals surface area contributed by atoms with Crippen LogP contribution in [0.3, 0.4) is 0 Å². The van der Waals surface area contributed by atoms with Crippen molar-refractivity contribution < 1.29 is 0 Å². The number of aromatic nitrogens is 4. The van der Waals surface area contributed by atoms with Crippen molar-refractivity contribution in [2.75, 3.05) is 0 Å². The molecule has 0 aliphatic rings. The Morgan fingerprint density at radius 2 is 2.07 bits per heavy atom. The molecule has 2 rings (SSSR count). The normalized spacial score (nSPS) is 10.6. The van der Waals surface area contributed by atoms with Crippen LogP contribution in [0.5, 0.6) is 0 Å². The van der Waals surface area contributed by atoms with Gasteiger partial charge in [0.05, 0.1) is 11.4 Å². The molecular formula is C10H13N5. The molecule has 0 aliphatic carbocycles. The Balaban J connectivity index is 2.44. The molecule has 0 unspecified atom stereocenters. The molecule has 78 valence electrons. The highest BCUT2D eigenvalue weighted by atomic mass is 15.3. The quantitative estimate of drug-likeness (QED) is 0.777. The lowest BCUT2D eigenvalue weighted by atomic mass is 10.2. The highest BCUT2D eigenvalue weighted by Gasteiger charge is 2.06. The summed E-state index contributed by atoms with van der Waals surface area (Å²) in [6.45, 7) is 2.42. The number of hydrogen-bond acceptors (Lipinski definition) is 4. The molecule has 15 heavy (non-hydrogen) atoms. The summed E-state index contributed by atoms with van der Waals surface area (Å²) in [4.78, 5) is 8.21. The van der Waals surface area contributed by atoms with Crippen LogP contribution in [-0.2, 0) is 13.6 Å². The van der Waals surface area contributed by atoms with E-state index in [0.717, 1.165) is 22.8 Å². The maximum Gasteiger partial charge on any atom is 0.116 e. The van der Waals surface area contributed by atoms with Gasteiger partial charge in [-0.2, -0.15) is 5.10 Å². The lowest BCUT2D eigenvalue weighted by Gasteiger charge is -1.98. The molecule has 0 saturated heterocycles. The van der Waals surface area contributed by atoms with E-state index in [4.69, 9.17) is 5.73 Å². The van der Waals surface area contributed by atoms with Gasteiger partial charge in [-0.1, -0.05) is 0 Å². The molecule has 0 fully saturated rings. The zero-order chi connectivity index (χ0) is 10.8. The maximum atomic E-state index is 5.52. The predicted octanol–water partition coefficient (Wildman–Crippen LogP) is 0.644. The van der Waals surface area contributed by atoms with E-state index < -0.39 is 0 Å². The zero-order valence-electron chi connectivity index (χ0n) is 8.81. The smallest absolute Gasteiger partial charge is 0.116 e. The van der Waals surface area contributed by atoms with E-state index in [1.165, 1.54) is 6.33 Å². The molecule has 2 N–H and O–H groups in total. The standard InChI is InChI=1S/C10H13N5/c1-7-3-10(14-15(7)2)9-4-8(5-11)12-6-13-9/h3-4,6H,5,11H2,1-2H3. The van der Waals surface area contributed by atoms with Crippen LogP contribution in [-0.4, -0.2) is 19.7 Å². The first-order chi connectivity index (χ1) is 7.20. The molecule has 0 spiro atoms. The van der Waals surface area contributed by atoms with E-state index in [1.54, 1.807) is 0 Å². The van der Waals surface area contributed by atoms with Crippen LogP contribution < -0.4 is 5.73 Å². The van der Waals surface area contributed by atoms with Crippen LogP contribution in [0, 0.1) is 6.92 Å². The minimum absolute atomic E-state index is 0.418. The monoisotopic (exact) mass is 203 g/mol. The van der Waals surface area contributed by atoms with Gasteiger partial charge in [-0.15, -0.1) is 0 Å². The largest absolute Gasteiger partial charge is 0.325 e. The molecule has 0 aromatic carbocycles. The van der Waals surface area contributed by atoms with Gasteiger partial charge in [-0.25, -0.2) is 9.97 Å². The van der Waals surface area contributed by atoms with Gasteiger partial charge in [0.25, 0.3) is 0 Å². The highest BCUT2D eigenvalue weighted by Crippen LogP contribution is 2.15. The predicted molar refractivity (Wildman–Crippen MR) is 56.9 cm³/mol. The van der Waals surface area contributed by atoms with Crippen LogP contribution >= 0.6 is 0 Å². The molecule has 2 heterocycles. The molecule has 5 heteroatoms. The Labute approximate surface area is 88.0 Å². The van der Waals surface area contributed by atoms with Gasteiger partial charge in [0.15, 0.2) is 0 Å². The Bertz CT molecular complexity index is 455. The number of aryl methyl sites for hydroxylation is 2. The van der Waals surface area contributed by atoms with Gasteiger partial charge in [0, 0.05) is 19.3 Å². The number of nitrogens with two attached hydrogens (primary N) is 1. The van der Waals surface area contributed by atoms with Crippen molar-refractivity contribution in [3.05, 3.63) is 29.8 Å². The fourth-order valence-electron chi connectivity index (χ4n) is 1.34. The van der Waals surface area contributed by atoms with E-state index in [0.29, 0.717) is 6.54 Å². The Morgan fingerprint density at radius 1 is 1.27 bits per heavy atom. The SMILES string of the molecule is Cc1cc(-c2cc(CN)ncn2)nn1C. The second-order valence-corrected chi connectivity index (χ2v) is 3.39. The van der Waals surface area contributed by atoms with Gasteiger partial charge in [-0.3, -0.25) is 4.68 Å². The van der Waals surface area contributed by atoms with Crippen LogP contribution in [0.15, 0.2) is 18.5 Å². The first-order valence-corrected chi connectivity index (χ1v) is 4.72. The summed E-state index contributed by atoms with van der Waals surface area (Å²) in [5.41, 5.74) is 9.10. The van der Waals surface area contributed by atoms with Gasteiger partial charge >= 0.3 is 0 Å². The van der Waals surface area contributed by atoms with Gasteiger partial charge in [0.2, 0.25) is 0 Å². The Kier molecular flexibility index (Phi) is 2.47. The van der Waals surface area contributed by atoms with E-state index in [-0.39, 0.29) is 0 Å². The number of nitrogens with zero attached hydrogens (tertiary/aromatic N) is 4. The molecule has 2 aromatic heterocycles. The molecule has 5 nitrogen and oxygen atoms in total. The molecule has 2 aromatic rings. The van der Waals surface area contributed by atoms with Gasteiger partial charge in [-0.05, 0) is 19.1 Å². The first kappa shape index (κ1) is 9.79. The summed E-state index contributed by atoms with van der Waals surface area (Å²) < 4.78 is 1.82. The van der Waals surface area contributed by atoms with Crippen LogP contribution in [0.25, 0.3) is 11.4 Å². The van der Waals surface area contributed by atoms with Crippen molar-refractivity contribution in [3.63, 3.8) is 0 Å². The van der Waals surface area contributed by atoms with Gasteiger partial charge in [0.1, 0.15) is 12.0 Å². The Morgan fingerprint density at radius 3 is 2.67 bits per heavy atom.